The first-order chi connectivity index (χ1) is 11.5. The van der Waals surface area contributed by atoms with E-state index in [0.29, 0.717) is 12.8 Å². The van der Waals surface area contributed by atoms with E-state index in [1.54, 1.807) is 0 Å². The number of unbranched alkanes of at least 4 members (excludes halogenated alkanes) is 3. The third kappa shape index (κ3) is 6.16. The van der Waals surface area contributed by atoms with Crippen molar-refractivity contribution in [3.05, 3.63) is 0 Å². The minimum Gasteiger partial charge on any atom is -0.349 e. The highest BCUT2D eigenvalue weighted by atomic mass is 19.4. The SMILES string of the molecule is CCCCCCC(C)NC(=O)C(F)(N(C(F)(F)F)C(F)(F)F)C(F)(F)F. The fraction of sp³-hybridized carbons (Fsp3) is 0.923. The zero-order valence-corrected chi connectivity index (χ0v) is 13.7. The van der Waals surface area contributed by atoms with Crippen molar-refractivity contribution in [1.29, 1.82) is 0 Å². The molecule has 0 aliphatic rings. The number of rotatable bonds is 8. The molecule has 0 fully saturated rings. The predicted octanol–water partition coefficient (Wildman–Crippen LogP) is 5.03. The van der Waals surface area contributed by atoms with E-state index >= 15 is 0 Å². The van der Waals surface area contributed by atoms with Crippen molar-refractivity contribution in [1.82, 2.24) is 10.2 Å². The lowest BCUT2D eigenvalue weighted by atomic mass is 10.1. The number of amides is 1. The van der Waals surface area contributed by atoms with Gasteiger partial charge in [-0.15, -0.1) is 0 Å². The molecule has 0 spiro atoms. The van der Waals surface area contributed by atoms with Crippen molar-refractivity contribution in [3.8, 4) is 0 Å². The van der Waals surface area contributed by atoms with Crippen LogP contribution in [0.15, 0.2) is 0 Å². The Morgan fingerprint density at radius 1 is 0.885 bits per heavy atom. The van der Waals surface area contributed by atoms with Crippen LogP contribution in [0.4, 0.5) is 43.9 Å². The average molecular weight is 408 g/mol. The van der Waals surface area contributed by atoms with E-state index in [9.17, 15) is 48.7 Å². The Hall–Kier alpha value is -1.27. The number of nitrogens with one attached hydrogen (secondary N) is 1. The van der Waals surface area contributed by atoms with Crippen LogP contribution in [-0.2, 0) is 4.79 Å². The number of halogens is 10. The Labute approximate surface area is 142 Å². The Kier molecular flexibility index (Phi) is 8.19. The normalized spacial score (nSPS) is 17.1. The molecule has 0 bridgehead atoms. The molecule has 0 heterocycles. The van der Waals surface area contributed by atoms with E-state index in [1.807, 2.05) is 6.92 Å². The van der Waals surface area contributed by atoms with Crippen LogP contribution in [0.3, 0.4) is 0 Å². The van der Waals surface area contributed by atoms with Crippen LogP contribution in [0.2, 0.25) is 0 Å². The molecule has 0 saturated heterocycles. The summed E-state index contributed by atoms with van der Waals surface area (Å²) in [6.07, 6.45) is -18.1. The summed E-state index contributed by atoms with van der Waals surface area (Å²) in [4.78, 5) is 8.12. The predicted molar refractivity (Wildman–Crippen MR) is 70.2 cm³/mol. The van der Waals surface area contributed by atoms with Crippen LogP contribution < -0.4 is 5.32 Å². The van der Waals surface area contributed by atoms with Gasteiger partial charge in [0.25, 0.3) is 5.91 Å². The maximum absolute atomic E-state index is 14.1. The van der Waals surface area contributed by atoms with E-state index in [1.165, 1.54) is 5.32 Å². The van der Waals surface area contributed by atoms with Crippen molar-refractivity contribution >= 4 is 5.91 Å². The number of hydrogen-bond acceptors (Lipinski definition) is 2. The second-order valence-electron chi connectivity index (χ2n) is 5.61. The van der Waals surface area contributed by atoms with Crippen LogP contribution >= 0.6 is 0 Å². The number of carbonyl (C=O) groups excluding carboxylic acids is 1. The summed E-state index contributed by atoms with van der Waals surface area (Å²) in [5.41, 5.74) is 0. The molecule has 0 aromatic heterocycles. The van der Waals surface area contributed by atoms with Crippen molar-refractivity contribution in [2.75, 3.05) is 0 Å². The third-order valence-corrected chi connectivity index (χ3v) is 3.36. The maximum Gasteiger partial charge on any atom is 0.470 e. The molecule has 0 aliphatic carbocycles. The van der Waals surface area contributed by atoms with Gasteiger partial charge >= 0.3 is 24.6 Å². The molecule has 13 heteroatoms. The van der Waals surface area contributed by atoms with Gasteiger partial charge in [0.1, 0.15) is 0 Å². The van der Waals surface area contributed by atoms with Crippen molar-refractivity contribution < 1.29 is 48.7 Å². The van der Waals surface area contributed by atoms with Gasteiger partial charge in [-0.2, -0.15) is 39.5 Å². The third-order valence-electron chi connectivity index (χ3n) is 3.36. The Morgan fingerprint density at radius 3 is 1.69 bits per heavy atom. The maximum atomic E-state index is 14.1. The molecule has 0 saturated carbocycles. The summed E-state index contributed by atoms with van der Waals surface area (Å²) >= 11 is 0. The van der Waals surface area contributed by atoms with Crippen molar-refractivity contribution in [3.63, 3.8) is 0 Å². The molecule has 0 radical (unpaired) electrons. The molecular weight excluding hydrogens is 390 g/mol. The van der Waals surface area contributed by atoms with Gasteiger partial charge in [-0.1, -0.05) is 37.5 Å². The van der Waals surface area contributed by atoms with E-state index in [4.69, 9.17) is 0 Å². The van der Waals surface area contributed by atoms with E-state index < -0.39 is 41.4 Å². The summed E-state index contributed by atoms with van der Waals surface area (Å²) < 4.78 is 128. The zero-order chi connectivity index (χ0) is 21.0. The lowest BCUT2D eigenvalue weighted by molar-refractivity contribution is -0.444. The quantitative estimate of drug-likeness (QED) is 0.347. The minimum absolute atomic E-state index is 0.0439. The molecule has 0 aliphatic heterocycles. The second kappa shape index (κ2) is 8.61. The highest BCUT2D eigenvalue weighted by Gasteiger charge is 2.78. The fourth-order valence-corrected chi connectivity index (χ4v) is 2.12. The van der Waals surface area contributed by atoms with Gasteiger partial charge in [0.05, 0.1) is 0 Å². The molecule has 3 nitrogen and oxygen atoms in total. The zero-order valence-electron chi connectivity index (χ0n) is 13.7. The summed E-state index contributed by atoms with van der Waals surface area (Å²) in [6, 6.07) is -1.26. The van der Waals surface area contributed by atoms with E-state index in [-0.39, 0.29) is 6.42 Å². The van der Waals surface area contributed by atoms with E-state index in [0.717, 1.165) is 19.8 Å². The Balaban J connectivity index is 5.63. The summed E-state index contributed by atoms with van der Waals surface area (Å²) in [6.45, 7) is 2.89. The molecule has 2 unspecified atom stereocenters. The first-order valence-corrected chi connectivity index (χ1v) is 7.50. The van der Waals surface area contributed by atoms with Gasteiger partial charge in [0.15, 0.2) is 0 Å². The number of alkyl halides is 10. The smallest absolute Gasteiger partial charge is 0.349 e. The topological polar surface area (TPSA) is 32.3 Å². The highest BCUT2D eigenvalue weighted by molar-refractivity contribution is 5.86. The van der Waals surface area contributed by atoms with Crippen LogP contribution in [0, 0.1) is 0 Å². The molecular formula is C13H18F10N2O. The van der Waals surface area contributed by atoms with Gasteiger partial charge in [-0.05, 0) is 13.3 Å². The number of hydrogen-bond donors (Lipinski definition) is 1. The van der Waals surface area contributed by atoms with Gasteiger partial charge < -0.3 is 5.32 Å². The monoisotopic (exact) mass is 408 g/mol. The Bertz CT molecular complexity index is 445. The van der Waals surface area contributed by atoms with Crippen LogP contribution in [0.5, 0.6) is 0 Å². The lowest BCUT2D eigenvalue weighted by Crippen LogP contribution is -2.71. The Morgan fingerprint density at radius 2 is 1.35 bits per heavy atom. The van der Waals surface area contributed by atoms with Crippen LogP contribution in [0.1, 0.15) is 46.0 Å². The molecule has 0 aromatic rings. The van der Waals surface area contributed by atoms with Gasteiger partial charge in [-0.25, -0.2) is 4.39 Å². The molecule has 0 rings (SSSR count). The largest absolute Gasteiger partial charge is 0.470 e. The fourth-order valence-electron chi connectivity index (χ4n) is 2.12. The first-order valence-electron chi connectivity index (χ1n) is 7.50. The van der Waals surface area contributed by atoms with Gasteiger partial charge in [0, 0.05) is 6.04 Å². The lowest BCUT2D eigenvalue weighted by Gasteiger charge is -2.38. The molecule has 0 aromatic carbocycles. The standard InChI is InChI=1S/C13H18F10N2O/c1-3-4-5-6-7-8(2)24-9(26)10(14,11(15,16)17)25(12(18,19)20)13(21,22)23/h8H,3-7H2,1-2H3,(H,24,26). The summed E-state index contributed by atoms with van der Waals surface area (Å²) in [5, 5.41) is 1.25. The van der Waals surface area contributed by atoms with Crippen molar-refractivity contribution in [2.24, 2.45) is 0 Å². The van der Waals surface area contributed by atoms with Gasteiger partial charge in [0.2, 0.25) is 0 Å². The van der Waals surface area contributed by atoms with Crippen molar-refractivity contribution in [2.45, 2.75) is 76.6 Å². The molecule has 1 amide bonds. The van der Waals surface area contributed by atoms with Crippen LogP contribution in [0.25, 0.3) is 0 Å². The average Bonchev–Trinajstić information content (AvgIpc) is 2.38. The van der Waals surface area contributed by atoms with Gasteiger partial charge in [-0.3, -0.25) is 4.79 Å². The molecule has 156 valence electrons. The minimum atomic E-state index is -6.84. The highest BCUT2D eigenvalue weighted by Crippen LogP contribution is 2.48. The van der Waals surface area contributed by atoms with Crippen LogP contribution in [-0.4, -0.2) is 41.4 Å². The van der Waals surface area contributed by atoms with E-state index in [2.05, 4.69) is 0 Å². The molecule has 1 N–H and O–H groups in total. The first kappa shape index (κ1) is 24.7. The summed E-state index contributed by atoms with van der Waals surface area (Å²) in [5.74, 6) is -9.44. The second-order valence-corrected chi connectivity index (χ2v) is 5.61. The molecule has 2 atom stereocenters. The number of nitrogens with zero attached hydrogens (tertiary/aromatic N) is 1. The summed E-state index contributed by atoms with van der Waals surface area (Å²) in [7, 11) is 0. The number of carbonyl (C=O) groups is 1. The molecule has 26 heavy (non-hydrogen) atoms.